The van der Waals surface area contributed by atoms with Crippen molar-refractivity contribution in [3.63, 3.8) is 0 Å². The number of rotatable bonds is 6. The van der Waals surface area contributed by atoms with Gasteiger partial charge in [-0.25, -0.2) is 9.97 Å². The second kappa shape index (κ2) is 10.2. The van der Waals surface area contributed by atoms with Gasteiger partial charge in [-0.1, -0.05) is 36.4 Å². The molecule has 10 heteroatoms. The highest BCUT2D eigenvalue weighted by molar-refractivity contribution is 7.07. The third-order valence-corrected chi connectivity index (χ3v) is 7.39. The number of benzene rings is 2. The van der Waals surface area contributed by atoms with Crippen LogP contribution in [0.4, 0.5) is 11.8 Å². The topological polar surface area (TPSA) is 121 Å². The van der Waals surface area contributed by atoms with E-state index < -0.39 is 0 Å². The van der Waals surface area contributed by atoms with E-state index in [2.05, 4.69) is 20.3 Å². The molecule has 0 amide bonds. The third-order valence-electron chi connectivity index (χ3n) is 6.80. The number of aryl methyl sites for hydroxylation is 1. The quantitative estimate of drug-likeness (QED) is 0.300. The van der Waals surface area contributed by atoms with E-state index in [1.807, 2.05) is 66.9 Å². The molecule has 0 radical (unpaired) electrons. The van der Waals surface area contributed by atoms with E-state index in [0.717, 1.165) is 33.6 Å². The van der Waals surface area contributed by atoms with Crippen LogP contribution in [-0.4, -0.2) is 24.1 Å². The Morgan fingerprint density at radius 2 is 1.80 bits per heavy atom. The predicted octanol–water partition coefficient (Wildman–Crippen LogP) is 5.03. The van der Waals surface area contributed by atoms with Crippen LogP contribution in [0.25, 0.3) is 38.8 Å². The average Bonchev–Trinajstić information content (AvgIpc) is 3.49. The lowest BCUT2D eigenvalue weighted by molar-refractivity contribution is 0.773. The van der Waals surface area contributed by atoms with Crippen LogP contribution in [-0.2, 0) is 7.05 Å². The van der Waals surface area contributed by atoms with Gasteiger partial charge in [0, 0.05) is 42.3 Å². The zero-order chi connectivity index (χ0) is 27.8. The Hall–Kier alpha value is -5.09. The lowest BCUT2D eigenvalue weighted by Gasteiger charge is -2.23. The monoisotopic (exact) mass is 547 g/mol. The zero-order valence-electron chi connectivity index (χ0n) is 21.8. The van der Waals surface area contributed by atoms with Gasteiger partial charge in [0.05, 0.1) is 28.2 Å². The van der Waals surface area contributed by atoms with E-state index in [4.69, 9.17) is 5.73 Å². The normalized spacial score (nSPS) is 11.9. The molecule has 0 aliphatic heterocycles. The molecule has 3 N–H and O–H groups in total. The summed E-state index contributed by atoms with van der Waals surface area (Å²) in [5, 5.41) is 6.72. The van der Waals surface area contributed by atoms with Crippen molar-refractivity contribution in [3.8, 4) is 28.1 Å². The largest absolute Gasteiger partial charge is 0.368 e. The molecule has 40 heavy (non-hydrogen) atoms. The summed E-state index contributed by atoms with van der Waals surface area (Å²) in [6.07, 6.45) is 3.40. The summed E-state index contributed by atoms with van der Waals surface area (Å²) in [5.74, 6) is 0.659. The van der Waals surface area contributed by atoms with Gasteiger partial charge >= 0.3 is 0 Å². The lowest BCUT2D eigenvalue weighted by Crippen LogP contribution is -2.26. The van der Waals surface area contributed by atoms with Gasteiger partial charge in [-0.05, 0) is 47.7 Å². The van der Waals surface area contributed by atoms with Crippen molar-refractivity contribution in [1.82, 2.24) is 24.1 Å². The smallest absolute Gasteiger partial charge is 0.263 e. The summed E-state index contributed by atoms with van der Waals surface area (Å²) in [5.41, 5.74) is 11.9. The molecule has 198 valence electrons. The van der Waals surface area contributed by atoms with Crippen LogP contribution >= 0.6 is 11.3 Å². The second-order valence-electron chi connectivity index (χ2n) is 9.41. The van der Waals surface area contributed by atoms with Gasteiger partial charge in [0.15, 0.2) is 0 Å². The molecule has 1 atom stereocenters. The van der Waals surface area contributed by atoms with Crippen LogP contribution in [0.3, 0.4) is 0 Å². The SMILES string of the molecule is CC(Nc1nc(N)ncc1-c1cscn1)c1cc2cccc(-c3ccc(=O)n(C)c3)c2c(=O)n1-c1ccccc1. The number of anilines is 2. The molecule has 0 aliphatic rings. The summed E-state index contributed by atoms with van der Waals surface area (Å²) in [6, 6.07) is 20.2. The number of pyridine rings is 2. The Balaban J connectivity index is 1.56. The molecule has 0 saturated carbocycles. The second-order valence-corrected chi connectivity index (χ2v) is 10.1. The minimum Gasteiger partial charge on any atom is -0.368 e. The van der Waals surface area contributed by atoms with E-state index in [0.29, 0.717) is 16.8 Å². The molecule has 0 spiro atoms. The number of para-hydroxylation sites is 1. The first-order valence-electron chi connectivity index (χ1n) is 12.6. The standard InChI is InChI=1S/C30H25N7O2S/c1-18(34-28-23(14-32-30(31)35-28)24-16-40-17-33-24)25-13-19-7-6-10-22(20-11-12-26(38)36(2)15-20)27(19)29(39)37(25)21-8-4-3-5-9-21/h3-18H,1-2H3,(H3,31,32,34,35). The Bertz CT molecular complexity index is 1970. The number of nitrogen functional groups attached to an aromatic ring is 1. The third kappa shape index (κ3) is 4.54. The number of hydrogen-bond acceptors (Lipinski definition) is 8. The first kappa shape index (κ1) is 25.2. The van der Waals surface area contributed by atoms with Crippen LogP contribution in [0.15, 0.2) is 99.6 Å². The van der Waals surface area contributed by atoms with E-state index in [9.17, 15) is 9.59 Å². The maximum absolute atomic E-state index is 14.4. The number of thiazole rings is 1. The number of nitrogens with one attached hydrogen (secondary N) is 1. The molecule has 4 aromatic heterocycles. The Kier molecular flexibility index (Phi) is 6.45. The minimum absolute atomic E-state index is 0.116. The first-order chi connectivity index (χ1) is 19.4. The molecule has 9 nitrogen and oxygen atoms in total. The van der Waals surface area contributed by atoms with Crippen molar-refractivity contribution < 1.29 is 0 Å². The van der Waals surface area contributed by atoms with Crippen molar-refractivity contribution >= 4 is 33.9 Å². The number of nitrogens with two attached hydrogens (primary N) is 1. The summed E-state index contributed by atoms with van der Waals surface area (Å²) >= 11 is 1.48. The van der Waals surface area contributed by atoms with Crippen molar-refractivity contribution in [1.29, 1.82) is 0 Å². The van der Waals surface area contributed by atoms with E-state index in [-0.39, 0.29) is 23.1 Å². The van der Waals surface area contributed by atoms with Crippen LogP contribution in [0.5, 0.6) is 0 Å². The van der Waals surface area contributed by atoms with Crippen LogP contribution < -0.4 is 22.2 Å². The Morgan fingerprint density at radius 1 is 0.975 bits per heavy atom. The van der Waals surface area contributed by atoms with Crippen molar-refractivity contribution in [2.45, 2.75) is 13.0 Å². The molecule has 0 saturated heterocycles. The fourth-order valence-corrected chi connectivity index (χ4v) is 5.41. The summed E-state index contributed by atoms with van der Waals surface area (Å²) in [4.78, 5) is 39.4. The van der Waals surface area contributed by atoms with Gasteiger partial charge < -0.3 is 15.6 Å². The molecule has 4 heterocycles. The molecule has 1 unspecified atom stereocenters. The highest BCUT2D eigenvalue weighted by atomic mass is 32.1. The molecular weight excluding hydrogens is 522 g/mol. The first-order valence-corrected chi connectivity index (χ1v) is 13.5. The van der Waals surface area contributed by atoms with E-state index in [1.165, 1.54) is 22.0 Å². The molecule has 0 fully saturated rings. The highest BCUT2D eigenvalue weighted by Crippen LogP contribution is 2.32. The fourth-order valence-electron chi connectivity index (χ4n) is 4.86. The van der Waals surface area contributed by atoms with Crippen LogP contribution in [0, 0.1) is 0 Å². The molecule has 0 bridgehead atoms. The van der Waals surface area contributed by atoms with E-state index >= 15 is 0 Å². The van der Waals surface area contributed by atoms with Gasteiger partial charge in [-0.15, -0.1) is 11.3 Å². The Labute approximate surface area is 233 Å². The van der Waals surface area contributed by atoms with Crippen molar-refractivity contribution in [2.24, 2.45) is 7.05 Å². The summed E-state index contributed by atoms with van der Waals surface area (Å²) < 4.78 is 3.23. The van der Waals surface area contributed by atoms with Crippen molar-refractivity contribution in [3.05, 3.63) is 116 Å². The number of aromatic nitrogens is 5. The molecule has 0 aliphatic carbocycles. The van der Waals surface area contributed by atoms with E-state index in [1.54, 1.807) is 35.6 Å². The van der Waals surface area contributed by atoms with Gasteiger partial charge in [0.2, 0.25) is 11.5 Å². The Morgan fingerprint density at radius 3 is 2.55 bits per heavy atom. The maximum atomic E-state index is 14.4. The fraction of sp³-hybridized carbons (Fsp3) is 0.100. The van der Waals surface area contributed by atoms with Gasteiger partial charge in [0.25, 0.3) is 5.56 Å². The van der Waals surface area contributed by atoms with Gasteiger partial charge in [0.1, 0.15) is 5.82 Å². The minimum atomic E-state index is -0.356. The molecule has 6 rings (SSSR count). The molecule has 2 aromatic carbocycles. The van der Waals surface area contributed by atoms with Crippen molar-refractivity contribution in [2.75, 3.05) is 11.1 Å². The number of fused-ring (bicyclic) bond motifs is 1. The van der Waals surface area contributed by atoms with Gasteiger partial charge in [-0.3, -0.25) is 14.2 Å². The average molecular weight is 548 g/mol. The lowest BCUT2D eigenvalue weighted by atomic mass is 9.98. The summed E-state index contributed by atoms with van der Waals surface area (Å²) in [6.45, 7) is 1.97. The number of hydrogen-bond donors (Lipinski definition) is 2. The zero-order valence-corrected chi connectivity index (χ0v) is 22.6. The maximum Gasteiger partial charge on any atom is 0.263 e. The van der Waals surface area contributed by atoms with Crippen LogP contribution in [0.1, 0.15) is 18.7 Å². The number of nitrogens with zero attached hydrogens (tertiary/aromatic N) is 5. The van der Waals surface area contributed by atoms with Crippen LogP contribution in [0.2, 0.25) is 0 Å². The van der Waals surface area contributed by atoms with Gasteiger partial charge in [-0.2, -0.15) is 4.98 Å². The molecular formula is C30H25N7O2S. The highest BCUT2D eigenvalue weighted by Gasteiger charge is 2.21. The predicted molar refractivity (Wildman–Crippen MR) is 160 cm³/mol. The molecule has 6 aromatic rings. The summed E-state index contributed by atoms with van der Waals surface area (Å²) in [7, 11) is 1.70.